The largest absolute Gasteiger partial charge is 0.484 e. The maximum absolute atomic E-state index is 8.97. The quantitative estimate of drug-likeness (QED) is 0.719. The van der Waals surface area contributed by atoms with Gasteiger partial charge in [0, 0.05) is 5.75 Å². The van der Waals surface area contributed by atoms with Crippen LogP contribution in [-0.4, -0.2) is 16.0 Å². The summed E-state index contributed by atoms with van der Waals surface area (Å²) in [7, 11) is 0. The lowest BCUT2D eigenvalue weighted by Crippen LogP contribution is -2.08. The molecule has 2 aromatic rings. The number of aromatic nitrogens is 2. The molecular formula is C16H19N3O2S. The Hall–Kier alpha value is -2.00. The first-order valence-corrected chi connectivity index (χ1v) is 8.03. The highest BCUT2D eigenvalue weighted by atomic mass is 32.2. The maximum atomic E-state index is 8.97. The molecule has 0 aliphatic heterocycles. The highest BCUT2D eigenvalue weighted by Crippen LogP contribution is 2.25. The number of benzene rings is 1. The van der Waals surface area contributed by atoms with Gasteiger partial charge in [-0.05, 0) is 44.9 Å². The van der Waals surface area contributed by atoms with E-state index in [0.717, 1.165) is 23.5 Å². The number of hydrogen-bond donors (Lipinski definition) is 0. The van der Waals surface area contributed by atoms with E-state index in [1.54, 1.807) is 0 Å². The number of nitrogens with zero attached hydrogens (tertiary/aromatic N) is 3. The van der Waals surface area contributed by atoms with E-state index in [-0.39, 0.29) is 12.0 Å². The lowest BCUT2D eigenvalue weighted by atomic mass is 9.93. The van der Waals surface area contributed by atoms with Crippen molar-refractivity contribution >= 4 is 11.8 Å². The highest BCUT2D eigenvalue weighted by molar-refractivity contribution is 7.99. The fraction of sp³-hybridized carbons (Fsp3) is 0.438. The van der Waals surface area contributed by atoms with Crippen molar-refractivity contribution in [1.29, 1.82) is 5.26 Å². The molecule has 5 nitrogen and oxygen atoms in total. The summed E-state index contributed by atoms with van der Waals surface area (Å²) in [5.41, 5.74) is 0.809. The molecule has 0 unspecified atom stereocenters. The van der Waals surface area contributed by atoms with Crippen LogP contribution < -0.4 is 4.74 Å². The molecule has 0 aliphatic rings. The molecule has 22 heavy (non-hydrogen) atoms. The SMILES string of the molecule is Cc1cccc(OCc2nnc(SCCC(C)(C)C#N)o2)c1. The Morgan fingerprint density at radius 2 is 2.18 bits per heavy atom. The van der Waals surface area contributed by atoms with Crippen LogP contribution in [0.4, 0.5) is 0 Å². The number of aryl methyl sites for hydroxylation is 1. The summed E-state index contributed by atoms with van der Waals surface area (Å²) in [4.78, 5) is 0. The van der Waals surface area contributed by atoms with Gasteiger partial charge in [0.15, 0.2) is 6.61 Å². The first kappa shape index (κ1) is 16.4. The van der Waals surface area contributed by atoms with Crippen molar-refractivity contribution in [3.8, 4) is 11.8 Å². The topological polar surface area (TPSA) is 71.9 Å². The van der Waals surface area contributed by atoms with Gasteiger partial charge in [-0.15, -0.1) is 10.2 Å². The van der Waals surface area contributed by atoms with E-state index in [0.29, 0.717) is 11.1 Å². The van der Waals surface area contributed by atoms with Crippen LogP contribution in [0.15, 0.2) is 33.9 Å². The Labute approximate surface area is 134 Å². The van der Waals surface area contributed by atoms with Gasteiger partial charge in [0.25, 0.3) is 11.1 Å². The maximum Gasteiger partial charge on any atom is 0.276 e. The van der Waals surface area contributed by atoms with E-state index in [2.05, 4.69) is 16.3 Å². The van der Waals surface area contributed by atoms with Crippen LogP contribution in [0.5, 0.6) is 5.75 Å². The standard InChI is InChI=1S/C16H19N3O2S/c1-12-5-4-6-13(9-12)20-10-14-18-19-15(21-14)22-8-7-16(2,3)11-17/h4-6,9H,7-8,10H2,1-3H3. The Morgan fingerprint density at radius 3 is 2.91 bits per heavy atom. The average Bonchev–Trinajstić information content (AvgIpc) is 2.93. The van der Waals surface area contributed by atoms with Crippen molar-refractivity contribution in [3.05, 3.63) is 35.7 Å². The fourth-order valence-electron chi connectivity index (χ4n) is 1.65. The van der Waals surface area contributed by atoms with Gasteiger partial charge >= 0.3 is 0 Å². The molecule has 0 N–H and O–H groups in total. The van der Waals surface area contributed by atoms with Gasteiger partial charge in [-0.1, -0.05) is 23.9 Å². The third kappa shape index (κ3) is 5.08. The molecule has 0 saturated heterocycles. The Balaban J connectivity index is 1.80. The zero-order valence-corrected chi connectivity index (χ0v) is 13.8. The number of hydrogen-bond acceptors (Lipinski definition) is 6. The summed E-state index contributed by atoms with van der Waals surface area (Å²) in [6.45, 7) is 6.10. The van der Waals surface area contributed by atoms with Gasteiger partial charge in [0.2, 0.25) is 0 Å². The molecule has 0 radical (unpaired) electrons. The molecule has 0 aliphatic carbocycles. The molecule has 0 spiro atoms. The minimum absolute atomic E-state index is 0.251. The van der Waals surface area contributed by atoms with Gasteiger partial charge < -0.3 is 9.15 Å². The molecule has 1 heterocycles. The van der Waals surface area contributed by atoms with Crippen LogP contribution in [0.3, 0.4) is 0 Å². The van der Waals surface area contributed by atoms with Crippen LogP contribution in [0, 0.1) is 23.7 Å². The molecule has 0 amide bonds. The number of thioether (sulfide) groups is 1. The lowest BCUT2D eigenvalue weighted by Gasteiger charge is -2.12. The van der Waals surface area contributed by atoms with Crippen LogP contribution in [0.25, 0.3) is 0 Å². The van der Waals surface area contributed by atoms with E-state index in [1.807, 2.05) is 45.0 Å². The van der Waals surface area contributed by atoms with Crippen molar-refractivity contribution in [2.45, 2.75) is 39.0 Å². The summed E-state index contributed by atoms with van der Waals surface area (Å²) >= 11 is 1.46. The summed E-state index contributed by atoms with van der Waals surface area (Å²) in [5.74, 6) is 1.99. The van der Waals surface area contributed by atoms with Gasteiger partial charge in [0.1, 0.15) is 5.75 Å². The zero-order chi connectivity index (χ0) is 16.0. The average molecular weight is 317 g/mol. The predicted molar refractivity (Wildman–Crippen MR) is 84.5 cm³/mol. The Kier molecular flexibility index (Phi) is 5.45. The normalized spacial score (nSPS) is 11.2. The fourth-order valence-corrected chi connectivity index (χ4v) is 2.70. The molecule has 0 bridgehead atoms. The Morgan fingerprint density at radius 1 is 1.36 bits per heavy atom. The van der Waals surface area contributed by atoms with Crippen molar-refractivity contribution in [1.82, 2.24) is 10.2 Å². The predicted octanol–water partition coefficient (Wildman–Crippen LogP) is 3.99. The van der Waals surface area contributed by atoms with Gasteiger partial charge in [-0.3, -0.25) is 0 Å². The molecule has 6 heteroatoms. The molecule has 116 valence electrons. The summed E-state index contributed by atoms with van der Waals surface area (Å²) in [5, 5.41) is 17.4. The van der Waals surface area contributed by atoms with Crippen molar-refractivity contribution in [2.75, 3.05) is 5.75 Å². The summed E-state index contributed by atoms with van der Waals surface area (Å²) in [6, 6.07) is 10.1. The van der Waals surface area contributed by atoms with Crippen LogP contribution in [0.1, 0.15) is 31.7 Å². The number of rotatable bonds is 7. The second-order valence-electron chi connectivity index (χ2n) is 5.66. The highest BCUT2D eigenvalue weighted by Gasteiger charge is 2.17. The van der Waals surface area contributed by atoms with E-state index in [9.17, 15) is 0 Å². The molecule has 0 fully saturated rings. The number of ether oxygens (including phenoxy) is 1. The van der Waals surface area contributed by atoms with Crippen LogP contribution in [0.2, 0.25) is 0 Å². The zero-order valence-electron chi connectivity index (χ0n) is 13.0. The van der Waals surface area contributed by atoms with E-state index < -0.39 is 0 Å². The molecule has 0 atom stereocenters. The summed E-state index contributed by atoms with van der Waals surface area (Å²) < 4.78 is 11.1. The smallest absolute Gasteiger partial charge is 0.276 e. The van der Waals surface area contributed by atoms with E-state index >= 15 is 0 Å². The molecule has 2 rings (SSSR count). The third-order valence-electron chi connectivity index (χ3n) is 3.06. The number of nitriles is 1. The van der Waals surface area contributed by atoms with Crippen molar-refractivity contribution in [2.24, 2.45) is 5.41 Å². The van der Waals surface area contributed by atoms with Crippen molar-refractivity contribution < 1.29 is 9.15 Å². The first-order chi connectivity index (χ1) is 10.5. The monoisotopic (exact) mass is 317 g/mol. The Bertz CT molecular complexity index is 661. The second kappa shape index (κ2) is 7.32. The van der Waals surface area contributed by atoms with Gasteiger partial charge in [0.05, 0.1) is 11.5 Å². The summed E-state index contributed by atoms with van der Waals surface area (Å²) in [6.07, 6.45) is 0.770. The third-order valence-corrected chi connectivity index (χ3v) is 3.88. The van der Waals surface area contributed by atoms with Gasteiger partial charge in [-0.2, -0.15) is 5.26 Å². The molecule has 1 aromatic carbocycles. The first-order valence-electron chi connectivity index (χ1n) is 7.04. The minimum Gasteiger partial charge on any atom is -0.484 e. The van der Waals surface area contributed by atoms with Crippen molar-refractivity contribution in [3.63, 3.8) is 0 Å². The second-order valence-corrected chi connectivity index (χ2v) is 6.71. The van der Waals surface area contributed by atoms with Gasteiger partial charge in [-0.25, -0.2) is 0 Å². The van der Waals surface area contributed by atoms with Crippen LogP contribution >= 0.6 is 11.8 Å². The molecule has 0 saturated carbocycles. The van der Waals surface area contributed by atoms with E-state index in [4.69, 9.17) is 14.4 Å². The molecular weight excluding hydrogens is 298 g/mol. The minimum atomic E-state index is -0.329. The van der Waals surface area contributed by atoms with Crippen LogP contribution in [-0.2, 0) is 6.61 Å². The van der Waals surface area contributed by atoms with E-state index in [1.165, 1.54) is 11.8 Å². The lowest BCUT2D eigenvalue weighted by molar-refractivity contribution is 0.252. The molecule has 1 aromatic heterocycles.